The largest absolute Gasteiger partial charge is 0.495 e. The van der Waals surface area contributed by atoms with E-state index >= 15 is 0 Å². The van der Waals surface area contributed by atoms with Gasteiger partial charge in [-0.3, -0.25) is 4.79 Å². The Morgan fingerprint density at radius 2 is 1.88 bits per heavy atom. The SMILES string of the molecule is Cl.O=CNC1(C2=CC=C(O)NC2Cc2ccccc2)CCCCC1. The van der Waals surface area contributed by atoms with Crippen LogP contribution in [0.5, 0.6) is 0 Å². The Bertz CT molecular complexity index is 607. The molecule has 0 radical (unpaired) electrons. The molecule has 3 rings (SSSR count). The molecule has 1 saturated carbocycles. The van der Waals surface area contributed by atoms with Crippen molar-refractivity contribution in [1.29, 1.82) is 0 Å². The van der Waals surface area contributed by atoms with E-state index in [4.69, 9.17) is 0 Å². The molecule has 0 spiro atoms. The van der Waals surface area contributed by atoms with Crippen molar-refractivity contribution in [3.63, 3.8) is 0 Å². The van der Waals surface area contributed by atoms with Crippen LogP contribution in [0.15, 0.2) is 53.9 Å². The highest BCUT2D eigenvalue weighted by Crippen LogP contribution is 2.37. The minimum Gasteiger partial charge on any atom is -0.495 e. The summed E-state index contributed by atoms with van der Waals surface area (Å²) < 4.78 is 0. The normalized spacial score (nSPS) is 22.2. The highest BCUT2D eigenvalue weighted by Gasteiger charge is 2.39. The monoisotopic (exact) mass is 348 g/mol. The van der Waals surface area contributed by atoms with Crippen LogP contribution >= 0.6 is 12.4 Å². The van der Waals surface area contributed by atoms with E-state index < -0.39 is 0 Å². The molecule has 24 heavy (non-hydrogen) atoms. The zero-order valence-electron chi connectivity index (χ0n) is 13.7. The maximum absolute atomic E-state index is 11.2. The Kier molecular flexibility index (Phi) is 6.32. The summed E-state index contributed by atoms with van der Waals surface area (Å²) in [7, 11) is 0. The van der Waals surface area contributed by atoms with Crippen LogP contribution in [0.1, 0.15) is 37.7 Å². The van der Waals surface area contributed by atoms with E-state index in [0.717, 1.165) is 38.5 Å². The maximum Gasteiger partial charge on any atom is 0.207 e. The standard InChI is InChI=1S/C19H24N2O2.ClH/c22-14-20-19(11-5-2-6-12-19)16-9-10-18(23)21-17(16)13-15-7-3-1-4-8-15;/h1,3-4,7-10,14,17,21,23H,2,5-6,11-13H2,(H,20,22);1H. The molecule has 1 aromatic carbocycles. The molecule has 4 nitrogen and oxygen atoms in total. The number of halogens is 1. The van der Waals surface area contributed by atoms with Gasteiger partial charge in [0, 0.05) is 0 Å². The van der Waals surface area contributed by atoms with Gasteiger partial charge in [0.2, 0.25) is 6.41 Å². The molecule has 1 unspecified atom stereocenters. The van der Waals surface area contributed by atoms with Gasteiger partial charge in [0.1, 0.15) is 0 Å². The summed E-state index contributed by atoms with van der Waals surface area (Å²) in [6.07, 6.45) is 10.7. The average Bonchev–Trinajstić information content (AvgIpc) is 2.57. The lowest BCUT2D eigenvalue weighted by Gasteiger charge is -2.43. The van der Waals surface area contributed by atoms with E-state index in [-0.39, 0.29) is 29.9 Å². The third-order valence-electron chi connectivity index (χ3n) is 5.00. The van der Waals surface area contributed by atoms with Crippen molar-refractivity contribution in [2.24, 2.45) is 0 Å². The summed E-state index contributed by atoms with van der Waals surface area (Å²) in [4.78, 5) is 11.2. The molecule has 1 aliphatic carbocycles. The number of rotatable bonds is 5. The number of nitrogens with one attached hydrogen (secondary N) is 2. The molecular formula is C19H25ClN2O2. The van der Waals surface area contributed by atoms with Crippen LogP contribution in [0.25, 0.3) is 0 Å². The molecule has 1 amide bonds. The molecule has 2 aliphatic rings. The smallest absolute Gasteiger partial charge is 0.207 e. The zero-order chi connectivity index (χ0) is 16.1. The number of aliphatic hydroxyl groups excluding tert-OH is 1. The Morgan fingerprint density at radius 1 is 1.17 bits per heavy atom. The van der Waals surface area contributed by atoms with Crippen LogP contribution in [-0.2, 0) is 11.2 Å². The summed E-state index contributed by atoms with van der Waals surface area (Å²) in [6, 6.07) is 10.2. The average molecular weight is 349 g/mol. The lowest BCUT2D eigenvalue weighted by atomic mass is 9.72. The van der Waals surface area contributed by atoms with Crippen molar-refractivity contribution in [2.45, 2.75) is 50.1 Å². The van der Waals surface area contributed by atoms with Crippen molar-refractivity contribution in [3.8, 4) is 0 Å². The second-order valence-corrected chi connectivity index (χ2v) is 6.47. The number of benzene rings is 1. The van der Waals surface area contributed by atoms with Gasteiger partial charge in [-0.25, -0.2) is 0 Å². The highest BCUT2D eigenvalue weighted by atomic mass is 35.5. The van der Waals surface area contributed by atoms with Crippen LogP contribution in [0.2, 0.25) is 0 Å². The Labute approximate surface area is 149 Å². The third kappa shape index (κ3) is 3.93. The van der Waals surface area contributed by atoms with Crippen molar-refractivity contribution >= 4 is 18.8 Å². The van der Waals surface area contributed by atoms with E-state index in [2.05, 4.69) is 22.8 Å². The van der Waals surface area contributed by atoms with Crippen molar-refractivity contribution in [2.75, 3.05) is 0 Å². The number of allylic oxidation sites excluding steroid dienone is 2. The first-order valence-corrected chi connectivity index (χ1v) is 8.37. The molecule has 5 heteroatoms. The Balaban J connectivity index is 0.00000208. The highest BCUT2D eigenvalue weighted by molar-refractivity contribution is 5.85. The quantitative estimate of drug-likeness (QED) is 0.715. The summed E-state index contributed by atoms with van der Waals surface area (Å²) in [5.74, 6) is 0.187. The van der Waals surface area contributed by atoms with Crippen LogP contribution < -0.4 is 10.6 Å². The lowest BCUT2D eigenvalue weighted by molar-refractivity contribution is -0.111. The molecule has 0 aromatic heterocycles. The van der Waals surface area contributed by atoms with Crippen molar-refractivity contribution in [3.05, 3.63) is 59.5 Å². The molecule has 1 fully saturated rings. The predicted molar refractivity (Wildman–Crippen MR) is 98.1 cm³/mol. The van der Waals surface area contributed by atoms with Gasteiger partial charge in [0.05, 0.1) is 11.6 Å². The number of hydrogen-bond donors (Lipinski definition) is 3. The predicted octanol–water partition coefficient (Wildman–Crippen LogP) is 3.40. The van der Waals surface area contributed by atoms with Gasteiger partial charge in [-0.05, 0) is 36.5 Å². The van der Waals surface area contributed by atoms with E-state index in [1.54, 1.807) is 6.08 Å². The summed E-state index contributed by atoms with van der Waals surface area (Å²) in [5, 5.41) is 16.2. The summed E-state index contributed by atoms with van der Waals surface area (Å²) >= 11 is 0. The number of carbonyl (C=O) groups excluding carboxylic acids is 1. The molecule has 0 saturated heterocycles. The zero-order valence-corrected chi connectivity index (χ0v) is 14.5. The van der Waals surface area contributed by atoms with Crippen molar-refractivity contribution in [1.82, 2.24) is 10.6 Å². The first kappa shape index (κ1) is 18.4. The second kappa shape index (κ2) is 8.25. The molecule has 130 valence electrons. The van der Waals surface area contributed by atoms with Crippen LogP contribution in [0.3, 0.4) is 0 Å². The number of carbonyl (C=O) groups is 1. The number of dihydropyridines is 1. The minimum atomic E-state index is -0.288. The topological polar surface area (TPSA) is 61.4 Å². The van der Waals surface area contributed by atoms with Crippen LogP contribution in [0, 0.1) is 0 Å². The van der Waals surface area contributed by atoms with E-state index in [9.17, 15) is 9.90 Å². The van der Waals surface area contributed by atoms with E-state index in [1.165, 1.54) is 17.6 Å². The number of amides is 1. The van der Waals surface area contributed by atoms with E-state index in [0.29, 0.717) is 0 Å². The van der Waals surface area contributed by atoms with Gasteiger partial charge in [0.25, 0.3) is 0 Å². The van der Waals surface area contributed by atoms with Gasteiger partial charge >= 0.3 is 0 Å². The van der Waals surface area contributed by atoms with E-state index in [1.807, 2.05) is 24.3 Å². The fourth-order valence-corrected chi connectivity index (χ4v) is 3.88. The summed E-state index contributed by atoms with van der Waals surface area (Å²) in [5.41, 5.74) is 2.09. The summed E-state index contributed by atoms with van der Waals surface area (Å²) in [6.45, 7) is 0. The van der Waals surface area contributed by atoms with Gasteiger partial charge in [-0.1, -0.05) is 55.7 Å². The molecule has 3 N–H and O–H groups in total. The number of hydrogen-bond acceptors (Lipinski definition) is 3. The van der Waals surface area contributed by atoms with Crippen molar-refractivity contribution < 1.29 is 9.90 Å². The van der Waals surface area contributed by atoms with Crippen LogP contribution in [0.4, 0.5) is 0 Å². The minimum absolute atomic E-state index is 0. The number of aliphatic hydroxyl groups is 1. The maximum atomic E-state index is 11.2. The molecule has 1 heterocycles. The fraction of sp³-hybridized carbons (Fsp3) is 0.421. The van der Waals surface area contributed by atoms with Gasteiger partial charge < -0.3 is 15.7 Å². The molecule has 0 bridgehead atoms. The third-order valence-corrected chi connectivity index (χ3v) is 5.00. The first-order chi connectivity index (χ1) is 11.2. The fourth-order valence-electron chi connectivity index (χ4n) is 3.88. The lowest BCUT2D eigenvalue weighted by Crippen LogP contribution is -2.54. The van der Waals surface area contributed by atoms with Gasteiger partial charge in [0.15, 0.2) is 5.88 Å². The molecule has 1 aromatic rings. The first-order valence-electron chi connectivity index (χ1n) is 8.37. The Hall–Kier alpha value is -1.94. The molecule has 1 aliphatic heterocycles. The second-order valence-electron chi connectivity index (χ2n) is 6.47. The molecular weight excluding hydrogens is 324 g/mol. The van der Waals surface area contributed by atoms with Crippen LogP contribution in [-0.4, -0.2) is 23.1 Å². The van der Waals surface area contributed by atoms with Gasteiger partial charge in [-0.2, -0.15) is 0 Å². The Morgan fingerprint density at radius 3 is 2.54 bits per heavy atom. The molecule has 1 atom stereocenters. The van der Waals surface area contributed by atoms with Gasteiger partial charge in [-0.15, -0.1) is 12.4 Å².